The zero-order valence-electron chi connectivity index (χ0n) is 16.3. The van der Waals surface area contributed by atoms with Crippen molar-refractivity contribution in [3.05, 3.63) is 65.9 Å². The van der Waals surface area contributed by atoms with E-state index in [0.717, 1.165) is 17.5 Å². The highest BCUT2D eigenvalue weighted by molar-refractivity contribution is 5.83. The van der Waals surface area contributed by atoms with Crippen molar-refractivity contribution in [1.29, 1.82) is 0 Å². The van der Waals surface area contributed by atoms with Gasteiger partial charge in [0.15, 0.2) is 17.3 Å². The van der Waals surface area contributed by atoms with Crippen LogP contribution in [0.25, 0.3) is 11.3 Å². The maximum absolute atomic E-state index is 12.6. The Bertz CT molecular complexity index is 921. The topological polar surface area (TPSA) is 73.6 Å². The summed E-state index contributed by atoms with van der Waals surface area (Å²) < 4.78 is 16.0. The van der Waals surface area contributed by atoms with E-state index in [4.69, 9.17) is 14.0 Å². The van der Waals surface area contributed by atoms with Gasteiger partial charge in [0, 0.05) is 11.6 Å². The maximum atomic E-state index is 12.6. The van der Waals surface area contributed by atoms with Crippen LogP contribution in [-0.2, 0) is 11.3 Å². The van der Waals surface area contributed by atoms with Crippen molar-refractivity contribution in [2.45, 2.75) is 25.8 Å². The molecule has 6 nitrogen and oxygen atoms in total. The van der Waals surface area contributed by atoms with Crippen LogP contribution in [0.15, 0.2) is 59.1 Å². The number of amides is 1. The van der Waals surface area contributed by atoms with Crippen LogP contribution in [0, 0.1) is 0 Å². The first-order valence-electron chi connectivity index (χ1n) is 9.17. The maximum Gasteiger partial charge on any atom is 0.227 e. The van der Waals surface area contributed by atoms with Gasteiger partial charge in [-0.3, -0.25) is 4.79 Å². The van der Waals surface area contributed by atoms with Gasteiger partial charge in [-0.25, -0.2) is 0 Å². The first-order valence-corrected chi connectivity index (χ1v) is 9.17. The van der Waals surface area contributed by atoms with Gasteiger partial charge in [0.25, 0.3) is 0 Å². The van der Waals surface area contributed by atoms with Crippen molar-refractivity contribution in [1.82, 2.24) is 10.5 Å². The van der Waals surface area contributed by atoms with Crippen LogP contribution >= 0.6 is 0 Å². The van der Waals surface area contributed by atoms with Gasteiger partial charge in [-0.05, 0) is 30.2 Å². The largest absolute Gasteiger partial charge is 0.493 e. The number of methoxy groups -OCH3 is 2. The third kappa shape index (κ3) is 4.34. The second-order valence-corrected chi connectivity index (χ2v) is 6.34. The molecule has 0 saturated carbocycles. The van der Waals surface area contributed by atoms with Gasteiger partial charge in [-0.1, -0.05) is 42.4 Å². The number of rotatable bonds is 8. The molecule has 0 aliphatic carbocycles. The molecule has 1 N–H and O–H groups in total. The summed E-state index contributed by atoms with van der Waals surface area (Å²) in [6.07, 6.45) is 0.728. The number of carbonyl (C=O) groups is 1. The fourth-order valence-electron chi connectivity index (χ4n) is 3.08. The van der Waals surface area contributed by atoms with E-state index in [-0.39, 0.29) is 11.8 Å². The quantitative estimate of drug-likeness (QED) is 0.635. The third-order valence-electron chi connectivity index (χ3n) is 4.60. The van der Waals surface area contributed by atoms with Crippen LogP contribution in [0.2, 0.25) is 0 Å². The summed E-state index contributed by atoms with van der Waals surface area (Å²) in [4.78, 5) is 12.6. The summed E-state index contributed by atoms with van der Waals surface area (Å²) in [6.45, 7) is 2.31. The molecule has 0 saturated heterocycles. The van der Waals surface area contributed by atoms with Gasteiger partial charge in [0.1, 0.15) is 5.69 Å². The molecule has 6 heteroatoms. The second-order valence-electron chi connectivity index (χ2n) is 6.34. The Hall–Kier alpha value is -3.28. The molecule has 146 valence electrons. The lowest BCUT2D eigenvalue weighted by Gasteiger charge is -2.14. The normalized spacial score (nSPS) is 11.7. The van der Waals surface area contributed by atoms with E-state index in [0.29, 0.717) is 29.5 Å². The van der Waals surface area contributed by atoms with E-state index < -0.39 is 0 Å². The number of ether oxygens (including phenoxy) is 2. The summed E-state index contributed by atoms with van der Waals surface area (Å²) in [6, 6.07) is 17.1. The Kier molecular flexibility index (Phi) is 6.32. The summed E-state index contributed by atoms with van der Waals surface area (Å²) in [5.74, 6) is 1.65. The lowest BCUT2D eigenvalue weighted by Crippen LogP contribution is -2.28. The lowest BCUT2D eigenvalue weighted by molar-refractivity contribution is -0.122. The summed E-state index contributed by atoms with van der Waals surface area (Å²) in [5.41, 5.74) is 2.48. The van der Waals surface area contributed by atoms with E-state index in [1.807, 2.05) is 61.5 Å². The summed E-state index contributed by atoms with van der Waals surface area (Å²) in [7, 11) is 3.17. The number of aromatic nitrogens is 1. The van der Waals surface area contributed by atoms with E-state index in [9.17, 15) is 4.79 Å². The zero-order valence-corrected chi connectivity index (χ0v) is 16.3. The Balaban J connectivity index is 1.67. The van der Waals surface area contributed by atoms with E-state index in [1.165, 1.54) is 0 Å². The van der Waals surface area contributed by atoms with Crippen molar-refractivity contribution in [2.24, 2.45) is 0 Å². The van der Waals surface area contributed by atoms with Crippen molar-refractivity contribution in [2.75, 3.05) is 14.2 Å². The molecule has 2 aromatic carbocycles. The molecule has 3 rings (SSSR count). The predicted octanol–water partition coefficient (Wildman–Crippen LogP) is 4.17. The van der Waals surface area contributed by atoms with Crippen LogP contribution in [0.1, 0.15) is 30.5 Å². The van der Waals surface area contributed by atoms with Gasteiger partial charge in [0.2, 0.25) is 5.91 Å². The monoisotopic (exact) mass is 380 g/mol. The van der Waals surface area contributed by atoms with Gasteiger partial charge in [-0.15, -0.1) is 0 Å². The van der Waals surface area contributed by atoms with Crippen LogP contribution < -0.4 is 14.8 Å². The number of nitrogens with zero attached hydrogens (tertiary/aromatic N) is 1. The van der Waals surface area contributed by atoms with Crippen LogP contribution in [0.5, 0.6) is 11.5 Å². The van der Waals surface area contributed by atoms with E-state index in [1.54, 1.807) is 14.2 Å². The van der Waals surface area contributed by atoms with E-state index >= 15 is 0 Å². The number of benzene rings is 2. The highest BCUT2D eigenvalue weighted by Crippen LogP contribution is 2.32. The molecule has 0 fully saturated rings. The first kappa shape index (κ1) is 19.5. The molecule has 0 spiro atoms. The lowest BCUT2D eigenvalue weighted by atomic mass is 9.96. The van der Waals surface area contributed by atoms with Crippen LogP contribution in [0.4, 0.5) is 0 Å². The molecule has 1 unspecified atom stereocenters. The van der Waals surface area contributed by atoms with Gasteiger partial charge in [0.05, 0.1) is 26.7 Å². The molecule has 1 heterocycles. The van der Waals surface area contributed by atoms with Crippen molar-refractivity contribution < 1.29 is 18.8 Å². The van der Waals surface area contributed by atoms with Crippen molar-refractivity contribution in [3.63, 3.8) is 0 Å². The Labute approximate surface area is 164 Å². The molecule has 1 atom stereocenters. The molecule has 28 heavy (non-hydrogen) atoms. The van der Waals surface area contributed by atoms with Crippen molar-refractivity contribution in [3.8, 4) is 22.8 Å². The highest BCUT2D eigenvalue weighted by atomic mass is 16.5. The minimum atomic E-state index is -0.182. The zero-order chi connectivity index (χ0) is 19.9. The average molecular weight is 380 g/mol. The smallest absolute Gasteiger partial charge is 0.227 e. The molecule has 1 aromatic heterocycles. The number of carbonyl (C=O) groups excluding carboxylic acids is 1. The molecule has 0 radical (unpaired) electrons. The Morgan fingerprint density at radius 2 is 1.82 bits per heavy atom. The summed E-state index contributed by atoms with van der Waals surface area (Å²) in [5, 5.41) is 7.01. The third-order valence-corrected chi connectivity index (χ3v) is 4.60. The van der Waals surface area contributed by atoms with Crippen LogP contribution in [0.3, 0.4) is 0 Å². The van der Waals surface area contributed by atoms with Gasteiger partial charge in [-0.2, -0.15) is 0 Å². The minimum absolute atomic E-state index is 0.0237. The van der Waals surface area contributed by atoms with Crippen molar-refractivity contribution >= 4 is 5.91 Å². The SMILES string of the molecule is CCC(C(=O)NCc1cc(-c2ccc(OC)c(OC)c2)on1)c1ccccc1. The van der Waals surface area contributed by atoms with E-state index in [2.05, 4.69) is 10.5 Å². The van der Waals surface area contributed by atoms with Gasteiger partial charge >= 0.3 is 0 Å². The molecule has 1 amide bonds. The number of nitrogens with one attached hydrogen (secondary N) is 1. The molecular weight excluding hydrogens is 356 g/mol. The minimum Gasteiger partial charge on any atom is -0.493 e. The van der Waals surface area contributed by atoms with Crippen LogP contribution in [-0.4, -0.2) is 25.3 Å². The predicted molar refractivity (Wildman–Crippen MR) is 106 cm³/mol. The first-order chi connectivity index (χ1) is 13.7. The number of hydrogen-bond acceptors (Lipinski definition) is 5. The number of hydrogen-bond donors (Lipinski definition) is 1. The standard InChI is InChI=1S/C22H24N2O4/c1-4-18(15-8-6-5-7-9-15)22(25)23-14-17-13-20(28-24-17)16-10-11-19(26-2)21(12-16)27-3/h5-13,18H,4,14H2,1-3H3,(H,23,25). The molecular formula is C22H24N2O4. The van der Waals surface area contributed by atoms with Gasteiger partial charge < -0.3 is 19.3 Å². The second kappa shape index (κ2) is 9.08. The molecule has 0 aliphatic rings. The molecule has 0 bridgehead atoms. The highest BCUT2D eigenvalue weighted by Gasteiger charge is 2.19. The fraction of sp³-hybridized carbons (Fsp3) is 0.273. The molecule has 0 aliphatic heterocycles. The Morgan fingerprint density at radius 1 is 1.07 bits per heavy atom. The fourth-order valence-corrected chi connectivity index (χ4v) is 3.08. The summed E-state index contributed by atoms with van der Waals surface area (Å²) >= 11 is 0. The molecule has 3 aromatic rings. The average Bonchev–Trinajstić information content (AvgIpc) is 3.22. The Morgan fingerprint density at radius 3 is 2.50 bits per heavy atom.